The van der Waals surface area contributed by atoms with E-state index < -0.39 is 5.97 Å². The van der Waals surface area contributed by atoms with Gasteiger partial charge in [0, 0.05) is 4.47 Å². The Morgan fingerprint density at radius 3 is 2.79 bits per heavy atom. The maximum atomic E-state index is 10.6. The van der Waals surface area contributed by atoms with E-state index in [2.05, 4.69) is 15.9 Å². The summed E-state index contributed by atoms with van der Waals surface area (Å²) >= 11 is 3.29. The van der Waals surface area contributed by atoms with Crippen LogP contribution in [0.25, 0.3) is 0 Å². The number of hydrogen-bond donors (Lipinski definition) is 1. The standard InChI is InChI=1S/C10H8BrNO2/c1-6-2-3-7(5-12)8(10(6)11)4-9(13)14/h2-3H,4H2,1H3,(H,13,14). The molecular weight excluding hydrogens is 246 g/mol. The summed E-state index contributed by atoms with van der Waals surface area (Å²) in [6.07, 6.45) is -0.134. The lowest BCUT2D eigenvalue weighted by Gasteiger charge is -2.06. The van der Waals surface area contributed by atoms with Gasteiger partial charge in [-0.3, -0.25) is 4.79 Å². The van der Waals surface area contributed by atoms with Gasteiger partial charge in [0.05, 0.1) is 18.1 Å². The molecule has 0 aliphatic carbocycles. The number of rotatable bonds is 2. The van der Waals surface area contributed by atoms with Crippen molar-refractivity contribution in [3.63, 3.8) is 0 Å². The molecule has 0 heterocycles. The molecule has 1 aromatic carbocycles. The normalized spacial score (nSPS) is 9.50. The third kappa shape index (κ3) is 2.12. The van der Waals surface area contributed by atoms with Crippen molar-refractivity contribution >= 4 is 21.9 Å². The molecule has 3 nitrogen and oxygen atoms in total. The molecular formula is C10H8BrNO2. The number of carboxylic acids is 1. The second-order valence-electron chi connectivity index (χ2n) is 2.90. The molecule has 0 aliphatic rings. The minimum absolute atomic E-state index is 0.134. The number of carboxylic acid groups (broad SMARTS) is 1. The van der Waals surface area contributed by atoms with E-state index in [-0.39, 0.29) is 6.42 Å². The molecule has 0 unspecified atom stereocenters. The van der Waals surface area contributed by atoms with Crippen molar-refractivity contribution in [1.82, 2.24) is 0 Å². The molecule has 0 aliphatic heterocycles. The van der Waals surface area contributed by atoms with Crippen molar-refractivity contribution in [2.45, 2.75) is 13.3 Å². The van der Waals surface area contributed by atoms with E-state index in [1.807, 2.05) is 13.0 Å². The second kappa shape index (κ2) is 4.25. The highest BCUT2D eigenvalue weighted by molar-refractivity contribution is 9.10. The fourth-order valence-corrected chi connectivity index (χ4v) is 1.65. The van der Waals surface area contributed by atoms with Crippen LogP contribution in [-0.2, 0) is 11.2 Å². The Morgan fingerprint density at radius 1 is 1.64 bits per heavy atom. The molecule has 0 amide bonds. The van der Waals surface area contributed by atoms with Crippen LogP contribution in [0.5, 0.6) is 0 Å². The van der Waals surface area contributed by atoms with Crippen molar-refractivity contribution in [2.24, 2.45) is 0 Å². The zero-order valence-corrected chi connectivity index (χ0v) is 9.13. The topological polar surface area (TPSA) is 61.1 Å². The van der Waals surface area contributed by atoms with Gasteiger partial charge in [0.15, 0.2) is 0 Å². The minimum Gasteiger partial charge on any atom is -0.481 e. The van der Waals surface area contributed by atoms with Crippen LogP contribution in [0.4, 0.5) is 0 Å². The van der Waals surface area contributed by atoms with E-state index in [1.54, 1.807) is 12.1 Å². The van der Waals surface area contributed by atoms with Crippen LogP contribution in [-0.4, -0.2) is 11.1 Å². The van der Waals surface area contributed by atoms with Gasteiger partial charge in [0.25, 0.3) is 0 Å². The Morgan fingerprint density at radius 2 is 2.29 bits per heavy atom. The minimum atomic E-state index is -0.937. The molecule has 0 spiro atoms. The summed E-state index contributed by atoms with van der Waals surface area (Å²) < 4.78 is 0.707. The molecule has 0 saturated heterocycles. The van der Waals surface area contributed by atoms with Crippen LogP contribution in [0.2, 0.25) is 0 Å². The Bertz CT molecular complexity index is 421. The summed E-state index contributed by atoms with van der Waals surface area (Å²) in [4.78, 5) is 10.6. The van der Waals surface area contributed by atoms with E-state index >= 15 is 0 Å². The van der Waals surface area contributed by atoms with Gasteiger partial charge in [-0.1, -0.05) is 22.0 Å². The number of hydrogen-bond acceptors (Lipinski definition) is 2. The first-order valence-electron chi connectivity index (χ1n) is 3.96. The monoisotopic (exact) mass is 253 g/mol. The van der Waals surface area contributed by atoms with Crippen LogP contribution < -0.4 is 0 Å². The molecule has 4 heteroatoms. The van der Waals surface area contributed by atoms with Gasteiger partial charge in [0.1, 0.15) is 0 Å². The molecule has 1 rings (SSSR count). The van der Waals surface area contributed by atoms with Gasteiger partial charge >= 0.3 is 5.97 Å². The van der Waals surface area contributed by atoms with Gasteiger partial charge < -0.3 is 5.11 Å². The summed E-state index contributed by atoms with van der Waals surface area (Å²) in [5, 5.41) is 17.5. The number of nitrogens with zero attached hydrogens (tertiary/aromatic N) is 1. The second-order valence-corrected chi connectivity index (χ2v) is 3.70. The average Bonchev–Trinajstić information content (AvgIpc) is 2.13. The van der Waals surface area contributed by atoms with Gasteiger partial charge in [-0.2, -0.15) is 5.26 Å². The van der Waals surface area contributed by atoms with Gasteiger partial charge in [-0.25, -0.2) is 0 Å². The number of benzene rings is 1. The highest BCUT2D eigenvalue weighted by atomic mass is 79.9. The highest BCUT2D eigenvalue weighted by Crippen LogP contribution is 2.24. The SMILES string of the molecule is Cc1ccc(C#N)c(CC(=O)O)c1Br. The van der Waals surface area contributed by atoms with Gasteiger partial charge in [-0.05, 0) is 24.1 Å². The van der Waals surface area contributed by atoms with Crippen LogP contribution in [0.3, 0.4) is 0 Å². The summed E-state index contributed by atoms with van der Waals surface area (Å²) in [6, 6.07) is 5.40. The van der Waals surface area contributed by atoms with E-state index in [4.69, 9.17) is 10.4 Å². The third-order valence-corrected chi connectivity index (χ3v) is 2.99. The molecule has 0 radical (unpaired) electrons. The first kappa shape index (κ1) is 10.7. The first-order valence-corrected chi connectivity index (χ1v) is 4.75. The van der Waals surface area contributed by atoms with Crippen molar-refractivity contribution in [1.29, 1.82) is 5.26 Å². The Hall–Kier alpha value is -1.34. The molecule has 14 heavy (non-hydrogen) atoms. The number of aryl methyl sites for hydroxylation is 1. The summed E-state index contributed by atoms with van der Waals surface area (Å²) in [6.45, 7) is 1.86. The molecule has 0 fully saturated rings. The van der Waals surface area contributed by atoms with Crippen molar-refractivity contribution in [3.05, 3.63) is 33.3 Å². The van der Waals surface area contributed by atoms with Crippen molar-refractivity contribution in [3.8, 4) is 6.07 Å². The lowest BCUT2D eigenvalue weighted by atomic mass is 10.0. The van der Waals surface area contributed by atoms with Crippen molar-refractivity contribution in [2.75, 3.05) is 0 Å². The lowest BCUT2D eigenvalue weighted by molar-refractivity contribution is -0.136. The Kier molecular flexibility index (Phi) is 3.26. The van der Waals surface area contributed by atoms with Crippen molar-refractivity contribution < 1.29 is 9.90 Å². The molecule has 1 aromatic rings. The molecule has 0 aromatic heterocycles. The van der Waals surface area contributed by atoms with Crippen LogP contribution >= 0.6 is 15.9 Å². The maximum absolute atomic E-state index is 10.6. The zero-order chi connectivity index (χ0) is 10.7. The lowest BCUT2D eigenvalue weighted by Crippen LogP contribution is -2.04. The summed E-state index contributed by atoms with van der Waals surface area (Å²) in [5.41, 5.74) is 1.88. The summed E-state index contributed by atoms with van der Waals surface area (Å²) in [5.74, 6) is -0.937. The predicted molar refractivity (Wildman–Crippen MR) is 54.9 cm³/mol. The smallest absolute Gasteiger partial charge is 0.307 e. The first-order chi connectivity index (χ1) is 6.56. The number of aliphatic carboxylic acids is 1. The zero-order valence-electron chi connectivity index (χ0n) is 7.54. The predicted octanol–water partition coefficient (Wildman–Crippen LogP) is 2.26. The number of carbonyl (C=O) groups is 1. The molecule has 72 valence electrons. The molecule has 0 bridgehead atoms. The number of nitriles is 1. The average molecular weight is 254 g/mol. The van der Waals surface area contributed by atoms with Gasteiger partial charge in [-0.15, -0.1) is 0 Å². The quantitative estimate of drug-likeness (QED) is 0.880. The molecule has 0 saturated carbocycles. The largest absolute Gasteiger partial charge is 0.481 e. The fraction of sp³-hybridized carbons (Fsp3) is 0.200. The van der Waals surface area contributed by atoms with Gasteiger partial charge in [0.2, 0.25) is 0 Å². The van der Waals surface area contributed by atoms with E-state index in [0.29, 0.717) is 15.6 Å². The highest BCUT2D eigenvalue weighted by Gasteiger charge is 2.12. The fourth-order valence-electron chi connectivity index (χ4n) is 1.17. The molecule has 1 N–H and O–H groups in total. The third-order valence-electron chi connectivity index (χ3n) is 1.88. The van der Waals surface area contributed by atoms with E-state index in [9.17, 15) is 4.79 Å². The van der Waals surface area contributed by atoms with E-state index in [1.165, 1.54) is 0 Å². The number of halogens is 1. The maximum Gasteiger partial charge on any atom is 0.307 e. The molecule has 0 atom stereocenters. The van der Waals surface area contributed by atoms with Crippen LogP contribution in [0, 0.1) is 18.3 Å². The summed E-state index contributed by atoms with van der Waals surface area (Å²) in [7, 11) is 0. The van der Waals surface area contributed by atoms with Crippen LogP contribution in [0.15, 0.2) is 16.6 Å². The van der Waals surface area contributed by atoms with E-state index in [0.717, 1.165) is 5.56 Å². The Labute approximate surface area is 90.1 Å². The Balaban J connectivity index is 3.29. The van der Waals surface area contributed by atoms with Crippen LogP contribution in [0.1, 0.15) is 16.7 Å².